The summed E-state index contributed by atoms with van der Waals surface area (Å²) in [6.07, 6.45) is 3.85. The van der Waals surface area contributed by atoms with E-state index >= 15 is 0 Å². The third-order valence-corrected chi connectivity index (χ3v) is 3.52. The van der Waals surface area contributed by atoms with Crippen molar-refractivity contribution in [2.24, 2.45) is 5.73 Å². The summed E-state index contributed by atoms with van der Waals surface area (Å²) in [6.45, 7) is 3.99. The van der Waals surface area contributed by atoms with Crippen LogP contribution in [0, 0.1) is 0 Å². The molecule has 0 saturated heterocycles. The average Bonchev–Trinajstić information content (AvgIpc) is 3.10. The van der Waals surface area contributed by atoms with Crippen molar-refractivity contribution in [3.63, 3.8) is 0 Å². The van der Waals surface area contributed by atoms with Crippen molar-refractivity contribution in [2.45, 2.75) is 38.8 Å². The van der Waals surface area contributed by atoms with Crippen molar-refractivity contribution >= 4 is 21.6 Å². The van der Waals surface area contributed by atoms with Gasteiger partial charge in [-0.3, -0.25) is 0 Å². The summed E-state index contributed by atoms with van der Waals surface area (Å²) < 4.78 is 1.14. The van der Waals surface area contributed by atoms with E-state index in [-0.39, 0.29) is 0 Å². The van der Waals surface area contributed by atoms with Gasteiger partial charge in [0.05, 0.1) is 0 Å². The second-order valence-corrected chi connectivity index (χ2v) is 5.32. The molecule has 0 amide bonds. The largest absolute Gasteiger partial charge is 0.368 e. The van der Waals surface area contributed by atoms with Crippen molar-refractivity contribution in [1.29, 1.82) is 0 Å². The lowest BCUT2D eigenvalue weighted by Gasteiger charge is -2.26. The second kappa shape index (κ2) is 5.19. The van der Waals surface area contributed by atoms with Gasteiger partial charge in [0, 0.05) is 29.3 Å². The average molecular weight is 283 g/mol. The number of rotatable bonds is 5. The van der Waals surface area contributed by atoms with Crippen molar-refractivity contribution in [2.75, 3.05) is 11.4 Å². The Kier molecular flexibility index (Phi) is 3.87. The van der Waals surface area contributed by atoms with Gasteiger partial charge in [-0.15, -0.1) is 0 Å². The summed E-state index contributed by atoms with van der Waals surface area (Å²) in [7, 11) is 0. The molecule has 1 saturated carbocycles. The quantitative estimate of drug-likeness (QED) is 0.898. The molecule has 1 aromatic carbocycles. The third-order valence-electron chi connectivity index (χ3n) is 3.03. The monoisotopic (exact) mass is 282 g/mol. The molecule has 88 valence electrons. The molecule has 1 aliphatic carbocycles. The zero-order valence-electron chi connectivity index (χ0n) is 9.75. The van der Waals surface area contributed by atoms with E-state index in [2.05, 4.69) is 46.0 Å². The van der Waals surface area contributed by atoms with Crippen LogP contribution in [0.25, 0.3) is 0 Å². The lowest BCUT2D eigenvalue weighted by molar-refractivity contribution is 0.757. The summed E-state index contributed by atoms with van der Waals surface area (Å²) in [4.78, 5) is 2.52. The zero-order valence-corrected chi connectivity index (χ0v) is 11.3. The van der Waals surface area contributed by atoms with Crippen LogP contribution in [0.5, 0.6) is 0 Å². The summed E-state index contributed by atoms with van der Waals surface area (Å²) >= 11 is 3.55. The Morgan fingerprint density at radius 3 is 2.75 bits per heavy atom. The Hall–Kier alpha value is -0.540. The molecule has 0 unspecified atom stereocenters. The highest BCUT2D eigenvalue weighted by Crippen LogP contribution is 2.35. The molecular formula is C13H19BrN2. The van der Waals surface area contributed by atoms with E-state index in [0.717, 1.165) is 17.1 Å². The molecule has 1 aliphatic rings. The normalized spacial score (nSPS) is 15.2. The maximum atomic E-state index is 5.81. The van der Waals surface area contributed by atoms with E-state index < -0.39 is 0 Å². The van der Waals surface area contributed by atoms with Crippen LogP contribution in [-0.2, 0) is 6.54 Å². The highest BCUT2D eigenvalue weighted by atomic mass is 79.9. The van der Waals surface area contributed by atoms with Crippen LogP contribution in [0.4, 0.5) is 5.69 Å². The van der Waals surface area contributed by atoms with Gasteiger partial charge in [-0.2, -0.15) is 0 Å². The fourth-order valence-corrected chi connectivity index (χ4v) is 2.45. The molecule has 0 aliphatic heterocycles. The molecule has 0 atom stereocenters. The summed E-state index contributed by atoms with van der Waals surface area (Å²) in [6, 6.07) is 7.16. The summed E-state index contributed by atoms with van der Waals surface area (Å²) in [5.41, 5.74) is 8.39. The Balaban J connectivity index is 2.30. The Morgan fingerprint density at radius 2 is 2.19 bits per heavy atom. The minimum Gasteiger partial charge on any atom is -0.368 e. The van der Waals surface area contributed by atoms with Crippen molar-refractivity contribution in [3.8, 4) is 0 Å². The van der Waals surface area contributed by atoms with E-state index in [9.17, 15) is 0 Å². The van der Waals surface area contributed by atoms with Crippen LogP contribution in [0.2, 0.25) is 0 Å². The minimum absolute atomic E-state index is 0.621. The van der Waals surface area contributed by atoms with Crippen LogP contribution in [-0.4, -0.2) is 12.6 Å². The Bertz CT molecular complexity index is 361. The smallest absolute Gasteiger partial charge is 0.0425 e. The first kappa shape index (κ1) is 11.9. The van der Waals surface area contributed by atoms with Crippen molar-refractivity contribution in [1.82, 2.24) is 0 Å². The van der Waals surface area contributed by atoms with Crippen LogP contribution >= 0.6 is 15.9 Å². The molecule has 3 heteroatoms. The lowest BCUT2D eigenvalue weighted by atomic mass is 10.1. The first-order valence-corrected chi connectivity index (χ1v) is 6.80. The van der Waals surface area contributed by atoms with Crippen molar-refractivity contribution < 1.29 is 0 Å². The van der Waals surface area contributed by atoms with Gasteiger partial charge in [0.2, 0.25) is 0 Å². The zero-order chi connectivity index (χ0) is 11.5. The van der Waals surface area contributed by atoms with E-state index in [1.54, 1.807) is 0 Å². The van der Waals surface area contributed by atoms with E-state index in [4.69, 9.17) is 5.73 Å². The van der Waals surface area contributed by atoms with Gasteiger partial charge in [-0.05, 0) is 37.0 Å². The minimum atomic E-state index is 0.621. The molecule has 0 aromatic heterocycles. The predicted octanol–water partition coefficient (Wildman–Crippen LogP) is 3.29. The molecular weight excluding hydrogens is 264 g/mol. The van der Waals surface area contributed by atoms with E-state index in [1.807, 2.05) is 0 Å². The van der Waals surface area contributed by atoms with Gasteiger partial charge in [0.1, 0.15) is 0 Å². The number of halogens is 1. The van der Waals surface area contributed by atoms with Crippen LogP contribution in [0.15, 0.2) is 22.7 Å². The molecule has 0 bridgehead atoms. The van der Waals surface area contributed by atoms with Gasteiger partial charge < -0.3 is 10.6 Å². The fraction of sp³-hybridized carbons (Fsp3) is 0.538. The van der Waals surface area contributed by atoms with Gasteiger partial charge in [0.25, 0.3) is 0 Å². The molecule has 0 heterocycles. The van der Waals surface area contributed by atoms with Gasteiger partial charge in [-0.25, -0.2) is 0 Å². The molecule has 2 rings (SSSR count). The van der Waals surface area contributed by atoms with E-state index in [1.165, 1.54) is 30.5 Å². The van der Waals surface area contributed by atoms with Crippen molar-refractivity contribution in [3.05, 3.63) is 28.2 Å². The molecule has 16 heavy (non-hydrogen) atoms. The van der Waals surface area contributed by atoms with E-state index in [0.29, 0.717) is 6.54 Å². The second-order valence-electron chi connectivity index (χ2n) is 4.40. The molecule has 1 fully saturated rings. The third kappa shape index (κ3) is 2.58. The maximum Gasteiger partial charge on any atom is 0.0425 e. The number of nitrogens with two attached hydrogens (primary N) is 1. The first-order chi connectivity index (χ1) is 7.76. The molecule has 1 aromatic rings. The Labute approximate surface area is 106 Å². The van der Waals surface area contributed by atoms with Gasteiger partial charge in [-0.1, -0.05) is 28.9 Å². The molecule has 0 radical (unpaired) electrons. The summed E-state index contributed by atoms with van der Waals surface area (Å²) in [5, 5.41) is 0. The van der Waals surface area contributed by atoms with Crippen LogP contribution in [0.1, 0.15) is 31.7 Å². The predicted molar refractivity (Wildman–Crippen MR) is 72.7 cm³/mol. The van der Waals surface area contributed by atoms with Crippen LogP contribution < -0.4 is 10.6 Å². The highest BCUT2D eigenvalue weighted by Gasteiger charge is 2.29. The highest BCUT2D eigenvalue weighted by molar-refractivity contribution is 9.10. The maximum absolute atomic E-state index is 5.81. The fourth-order valence-electron chi connectivity index (χ4n) is 2.10. The molecule has 2 N–H and O–H groups in total. The summed E-state index contributed by atoms with van der Waals surface area (Å²) in [5.74, 6) is 0. The van der Waals surface area contributed by atoms with Gasteiger partial charge in [0.15, 0.2) is 0 Å². The number of hydrogen-bond donors (Lipinski definition) is 1. The first-order valence-electron chi connectivity index (χ1n) is 6.01. The van der Waals surface area contributed by atoms with Crippen LogP contribution in [0.3, 0.4) is 0 Å². The molecule has 0 spiro atoms. The Morgan fingerprint density at radius 1 is 1.44 bits per heavy atom. The number of anilines is 1. The van der Waals surface area contributed by atoms with Gasteiger partial charge >= 0.3 is 0 Å². The standard InChI is InChI=1S/C13H19BrN2/c1-2-7-16(12-5-6-12)13-8-11(14)4-3-10(13)9-15/h3-4,8,12H,2,5-7,9,15H2,1H3. The SMILES string of the molecule is CCCN(c1cc(Br)ccc1CN)C1CC1. The topological polar surface area (TPSA) is 29.3 Å². The number of benzene rings is 1. The molecule has 2 nitrogen and oxygen atoms in total. The number of hydrogen-bond acceptors (Lipinski definition) is 2. The lowest BCUT2D eigenvalue weighted by Crippen LogP contribution is -2.27. The number of nitrogens with zero attached hydrogens (tertiary/aromatic N) is 1.